The summed E-state index contributed by atoms with van der Waals surface area (Å²) < 4.78 is 10.7. The Morgan fingerprint density at radius 2 is 1.66 bits per heavy atom. The molecule has 2 N–H and O–H groups in total. The van der Waals surface area contributed by atoms with Gasteiger partial charge >= 0.3 is 0 Å². The highest BCUT2D eigenvalue weighted by atomic mass is 16.3. The molecular weight excluding hydrogens is 446 g/mol. The van der Waals surface area contributed by atoms with E-state index in [-0.39, 0.29) is 24.3 Å². The molecule has 1 aliphatic carbocycles. The highest BCUT2D eigenvalue weighted by Crippen LogP contribution is 2.30. The topological polar surface area (TPSA) is 105 Å². The molecule has 0 aliphatic heterocycles. The fourth-order valence-corrected chi connectivity index (χ4v) is 4.36. The highest BCUT2D eigenvalue weighted by molar-refractivity contribution is 6.04. The first-order chi connectivity index (χ1) is 16.9. The number of rotatable bonds is 9. The summed E-state index contributed by atoms with van der Waals surface area (Å²) in [6, 6.07) is 13.1. The molecule has 8 nitrogen and oxygen atoms in total. The van der Waals surface area contributed by atoms with Crippen LogP contribution >= 0.6 is 0 Å². The van der Waals surface area contributed by atoms with Crippen LogP contribution in [0.2, 0.25) is 0 Å². The van der Waals surface area contributed by atoms with Crippen LogP contribution in [-0.4, -0.2) is 30.3 Å². The number of nitrogens with one attached hydrogen (secondary N) is 2. The van der Waals surface area contributed by atoms with E-state index < -0.39 is 17.9 Å². The Morgan fingerprint density at radius 3 is 2.26 bits per heavy atom. The summed E-state index contributed by atoms with van der Waals surface area (Å²) in [5, 5.41) is 5.68. The predicted octanol–water partition coefficient (Wildman–Crippen LogP) is 4.56. The first kappa shape index (κ1) is 24.3. The first-order valence-corrected chi connectivity index (χ1v) is 12.0. The zero-order chi connectivity index (χ0) is 24.8. The Labute approximate surface area is 204 Å². The molecule has 0 bridgehead atoms. The number of furan rings is 2. The molecule has 0 radical (unpaired) electrons. The van der Waals surface area contributed by atoms with Crippen molar-refractivity contribution in [1.82, 2.24) is 10.6 Å². The molecule has 3 aromatic rings. The highest BCUT2D eigenvalue weighted by Gasteiger charge is 2.36. The van der Waals surface area contributed by atoms with E-state index in [0.29, 0.717) is 17.4 Å². The first-order valence-electron chi connectivity index (χ1n) is 12.0. The van der Waals surface area contributed by atoms with Crippen molar-refractivity contribution in [3.05, 3.63) is 78.1 Å². The number of benzene rings is 1. The molecule has 8 heteroatoms. The quantitative estimate of drug-likeness (QED) is 0.470. The standard InChI is InChI=1S/C27H31N3O5/c1-18(2)19-11-13-21(14-12-19)30(24(31)17-28-26(32)23-10-6-16-35-23)25(22-9-5-15-34-22)27(33)29-20-7-3-4-8-20/h5-6,9-16,18,20,25H,3-4,7-8,17H2,1-2H3,(H,28,32)(H,29,33)/t25-/m1/s1. The van der Waals surface area contributed by atoms with Gasteiger partial charge in [0.05, 0.1) is 19.1 Å². The zero-order valence-electron chi connectivity index (χ0n) is 20.0. The SMILES string of the molecule is CC(C)c1ccc(N(C(=O)CNC(=O)c2ccco2)[C@@H](C(=O)NC2CCCC2)c2ccco2)cc1. The second kappa shape index (κ2) is 11.1. The van der Waals surface area contributed by atoms with Crippen LogP contribution in [-0.2, 0) is 9.59 Å². The van der Waals surface area contributed by atoms with Gasteiger partial charge in [0.15, 0.2) is 11.8 Å². The van der Waals surface area contributed by atoms with Crippen molar-refractivity contribution in [2.24, 2.45) is 0 Å². The smallest absolute Gasteiger partial charge is 0.287 e. The lowest BCUT2D eigenvalue weighted by Gasteiger charge is -2.31. The van der Waals surface area contributed by atoms with Gasteiger partial charge in [-0.2, -0.15) is 0 Å². The summed E-state index contributed by atoms with van der Waals surface area (Å²) in [6.45, 7) is 3.85. The van der Waals surface area contributed by atoms with E-state index >= 15 is 0 Å². The summed E-state index contributed by atoms with van der Waals surface area (Å²) in [5.41, 5.74) is 1.65. The zero-order valence-corrected chi connectivity index (χ0v) is 20.0. The van der Waals surface area contributed by atoms with Crippen molar-refractivity contribution in [2.45, 2.75) is 57.5 Å². The Balaban J connectivity index is 1.65. The Morgan fingerprint density at radius 1 is 0.971 bits per heavy atom. The van der Waals surface area contributed by atoms with Crippen LogP contribution < -0.4 is 15.5 Å². The summed E-state index contributed by atoms with van der Waals surface area (Å²) in [7, 11) is 0. The number of carbonyl (C=O) groups is 3. The van der Waals surface area contributed by atoms with Gasteiger partial charge in [0.25, 0.3) is 11.8 Å². The number of carbonyl (C=O) groups excluding carboxylic acids is 3. The van der Waals surface area contributed by atoms with E-state index in [1.165, 1.54) is 23.5 Å². The molecule has 0 unspecified atom stereocenters. The van der Waals surface area contributed by atoms with Crippen LogP contribution in [0.5, 0.6) is 0 Å². The minimum Gasteiger partial charge on any atom is -0.467 e. The lowest BCUT2D eigenvalue weighted by atomic mass is 10.0. The van der Waals surface area contributed by atoms with E-state index in [9.17, 15) is 14.4 Å². The van der Waals surface area contributed by atoms with Crippen LogP contribution in [0.15, 0.2) is 69.9 Å². The monoisotopic (exact) mass is 477 g/mol. The summed E-state index contributed by atoms with van der Waals surface area (Å²) in [6.07, 6.45) is 6.82. The van der Waals surface area contributed by atoms with Gasteiger partial charge in [-0.1, -0.05) is 38.8 Å². The van der Waals surface area contributed by atoms with E-state index in [1.54, 1.807) is 18.2 Å². The van der Waals surface area contributed by atoms with E-state index in [1.807, 2.05) is 24.3 Å². The molecule has 35 heavy (non-hydrogen) atoms. The molecule has 1 atom stereocenters. The Hall–Kier alpha value is -3.81. The summed E-state index contributed by atoms with van der Waals surface area (Å²) in [5.74, 6) is -0.516. The van der Waals surface area contributed by atoms with Crippen LogP contribution in [0, 0.1) is 0 Å². The molecule has 3 amide bonds. The van der Waals surface area contributed by atoms with Gasteiger partial charge in [-0.3, -0.25) is 19.3 Å². The fourth-order valence-electron chi connectivity index (χ4n) is 4.36. The van der Waals surface area contributed by atoms with Gasteiger partial charge in [-0.15, -0.1) is 0 Å². The molecule has 1 aliphatic rings. The Kier molecular flexibility index (Phi) is 7.70. The van der Waals surface area contributed by atoms with Crippen LogP contribution in [0.25, 0.3) is 0 Å². The third-order valence-electron chi connectivity index (χ3n) is 6.27. The molecule has 4 rings (SSSR count). The molecular formula is C27H31N3O5. The lowest BCUT2D eigenvalue weighted by Crippen LogP contribution is -2.49. The largest absolute Gasteiger partial charge is 0.467 e. The van der Waals surface area contributed by atoms with Gasteiger partial charge in [0.1, 0.15) is 5.76 Å². The molecule has 2 aromatic heterocycles. The molecule has 2 heterocycles. The van der Waals surface area contributed by atoms with Gasteiger partial charge < -0.3 is 19.5 Å². The second-order valence-corrected chi connectivity index (χ2v) is 9.08. The average Bonchev–Trinajstić information content (AvgIpc) is 3.64. The lowest BCUT2D eigenvalue weighted by molar-refractivity contribution is -0.127. The normalized spacial score (nSPS) is 14.6. The number of anilines is 1. The van der Waals surface area contributed by atoms with Crippen LogP contribution in [0.4, 0.5) is 5.69 Å². The van der Waals surface area contributed by atoms with Crippen LogP contribution in [0.1, 0.15) is 73.4 Å². The molecule has 1 saturated carbocycles. The number of amides is 3. The van der Waals surface area contributed by atoms with Crippen molar-refractivity contribution in [2.75, 3.05) is 11.4 Å². The molecule has 0 spiro atoms. The maximum absolute atomic E-state index is 13.6. The number of nitrogens with zero attached hydrogens (tertiary/aromatic N) is 1. The molecule has 1 fully saturated rings. The van der Waals surface area contributed by atoms with Crippen LogP contribution in [0.3, 0.4) is 0 Å². The van der Waals surface area contributed by atoms with Crippen molar-refractivity contribution in [3.63, 3.8) is 0 Å². The summed E-state index contributed by atoms with van der Waals surface area (Å²) in [4.78, 5) is 40.9. The minimum absolute atomic E-state index is 0.0684. The second-order valence-electron chi connectivity index (χ2n) is 9.08. The van der Waals surface area contributed by atoms with Crippen molar-refractivity contribution in [1.29, 1.82) is 0 Å². The van der Waals surface area contributed by atoms with E-state index in [0.717, 1.165) is 31.2 Å². The van der Waals surface area contributed by atoms with Gasteiger partial charge in [0, 0.05) is 11.7 Å². The number of hydrogen-bond acceptors (Lipinski definition) is 5. The maximum Gasteiger partial charge on any atom is 0.287 e. The van der Waals surface area contributed by atoms with Crippen molar-refractivity contribution < 1.29 is 23.2 Å². The number of hydrogen-bond donors (Lipinski definition) is 2. The van der Waals surface area contributed by atoms with Gasteiger partial charge in [-0.25, -0.2) is 0 Å². The van der Waals surface area contributed by atoms with Crippen molar-refractivity contribution in [3.8, 4) is 0 Å². The van der Waals surface area contributed by atoms with Gasteiger partial charge in [0.2, 0.25) is 5.91 Å². The minimum atomic E-state index is -1.02. The Bertz CT molecular complexity index is 1110. The van der Waals surface area contributed by atoms with E-state index in [4.69, 9.17) is 8.83 Å². The maximum atomic E-state index is 13.6. The fraction of sp³-hybridized carbons (Fsp3) is 0.370. The third-order valence-corrected chi connectivity index (χ3v) is 6.27. The summed E-state index contributed by atoms with van der Waals surface area (Å²) >= 11 is 0. The van der Waals surface area contributed by atoms with E-state index in [2.05, 4.69) is 24.5 Å². The van der Waals surface area contributed by atoms with Gasteiger partial charge in [-0.05, 0) is 60.7 Å². The molecule has 184 valence electrons. The molecule has 1 aromatic carbocycles. The average molecular weight is 478 g/mol. The predicted molar refractivity (Wildman–Crippen MR) is 131 cm³/mol. The van der Waals surface area contributed by atoms with Crippen molar-refractivity contribution >= 4 is 23.4 Å². The molecule has 0 saturated heterocycles. The third kappa shape index (κ3) is 5.82.